The highest BCUT2D eigenvalue weighted by atomic mass is 15.2. The first-order valence-corrected chi connectivity index (χ1v) is 7.46. The van der Waals surface area contributed by atoms with Gasteiger partial charge in [-0.3, -0.25) is 5.10 Å². The summed E-state index contributed by atoms with van der Waals surface area (Å²) in [5, 5.41) is 11.1. The van der Waals surface area contributed by atoms with Gasteiger partial charge in [-0.1, -0.05) is 6.42 Å². The summed E-state index contributed by atoms with van der Waals surface area (Å²) in [4.78, 5) is 2.60. The first-order valence-electron chi connectivity index (χ1n) is 7.46. The number of fused-ring (bicyclic) bond motifs is 1. The minimum Gasteiger partial charge on any atom is -0.368 e. The highest BCUT2D eigenvalue weighted by molar-refractivity contribution is 5.47. The number of likely N-dealkylation sites (tertiary alicyclic amines) is 1. The van der Waals surface area contributed by atoms with Crippen LogP contribution in [0.1, 0.15) is 43.4 Å². The van der Waals surface area contributed by atoms with Crippen LogP contribution >= 0.6 is 0 Å². The Morgan fingerprint density at radius 1 is 1.06 bits per heavy atom. The predicted octanol–water partition coefficient (Wildman–Crippen LogP) is 2.19. The second-order valence-electron chi connectivity index (χ2n) is 5.57. The van der Waals surface area contributed by atoms with Gasteiger partial charge in [0, 0.05) is 30.8 Å². The molecule has 0 bridgehead atoms. The van der Waals surface area contributed by atoms with Crippen molar-refractivity contribution in [3.8, 4) is 0 Å². The van der Waals surface area contributed by atoms with Gasteiger partial charge >= 0.3 is 0 Å². The van der Waals surface area contributed by atoms with E-state index in [1.807, 2.05) is 0 Å². The number of aromatic amines is 1. The van der Waals surface area contributed by atoms with Gasteiger partial charge in [-0.15, -0.1) is 0 Å². The Hall–Kier alpha value is -1.03. The maximum atomic E-state index is 4.43. The smallest absolute Gasteiger partial charge is 0.151 e. The Bertz CT molecular complexity index is 379. The van der Waals surface area contributed by atoms with E-state index in [-0.39, 0.29) is 0 Å². The molecule has 0 atom stereocenters. The number of rotatable bonds is 3. The van der Waals surface area contributed by atoms with Gasteiger partial charge in [-0.25, -0.2) is 0 Å². The number of hydrogen-bond acceptors (Lipinski definition) is 3. The van der Waals surface area contributed by atoms with Gasteiger partial charge < -0.3 is 10.2 Å². The maximum Gasteiger partial charge on any atom is 0.151 e. The fourth-order valence-corrected chi connectivity index (χ4v) is 3.11. The fourth-order valence-electron chi connectivity index (χ4n) is 3.11. The molecule has 4 heteroatoms. The van der Waals surface area contributed by atoms with E-state index in [1.165, 1.54) is 69.4 Å². The average molecular weight is 248 g/mol. The summed E-state index contributed by atoms with van der Waals surface area (Å²) < 4.78 is 0. The van der Waals surface area contributed by atoms with Crippen LogP contribution in [-0.4, -0.2) is 41.3 Å². The molecular formula is C14H24N4. The molecule has 2 N–H and O–H groups in total. The van der Waals surface area contributed by atoms with Gasteiger partial charge in [0.05, 0.1) is 0 Å². The van der Waals surface area contributed by atoms with E-state index in [1.54, 1.807) is 0 Å². The summed E-state index contributed by atoms with van der Waals surface area (Å²) in [6.07, 6.45) is 9.04. The summed E-state index contributed by atoms with van der Waals surface area (Å²) in [6.45, 7) is 4.83. The van der Waals surface area contributed by atoms with Crippen LogP contribution in [0.3, 0.4) is 0 Å². The predicted molar refractivity (Wildman–Crippen MR) is 74.0 cm³/mol. The molecule has 1 aromatic rings. The molecule has 1 aromatic heterocycles. The van der Waals surface area contributed by atoms with Crippen molar-refractivity contribution in [1.82, 2.24) is 15.1 Å². The molecule has 0 aliphatic carbocycles. The third-order valence-electron chi connectivity index (χ3n) is 4.23. The SMILES string of the molecule is C1CCN(CCc2[nH]nc3c2CCCCN3)CC1. The third-order valence-corrected chi connectivity index (χ3v) is 4.23. The monoisotopic (exact) mass is 248 g/mol. The summed E-state index contributed by atoms with van der Waals surface area (Å²) in [5.74, 6) is 1.11. The van der Waals surface area contributed by atoms with Crippen LogP contribution in [0.25, 0.3) is 0 Å². The molecule has 0 amide bonds. The van der Waals surface area contributed by atoms with Crippen molar-refractivity contribution in [2.24, 2.45) is 0 Å². The molecule has 2 aliphatic rings. The summed E-state index contributed by atoms with van der Waals surface area (Å²) in [5.41, 5.74) is 2.81. The standard InChI is InChI=1S/C14H24N4/c1-4-9-18(10-5-1)11-7-13-12-6-2-3-8-15-14(12)17-16-13/h1-11H2,(H2,15,16,17). The number of piperidine rings is 1. The van der Waals surface area contributed by atoms with E-state index in [2.05, 4.69) is 20.4 Å². The van der Waals surface area contributed by atoms with Crippen LogP contribution in [0.2, 0.25) is 0 Å². The molecule has 2 aliphatic heterocycles. The Kier molecular flexibility index (Phi) is 3.84. The first kappa shape index (κ1) is 12.0. The lowest BCUT2D eigenvalue weighted by molar-refractivity contribution is 0.230. The van der Waals surface area contributed by atoms with E-state index < -0.39 is 0 Å². The number of aromatic nitrogens is 2. The lowest BCUT2D eigenvalue weighted by atomic mass is 10.1. The van der Waals surface area contributed by atoms with Crippen LogP contribution in [0.5, 0.6) is 0 Å². The minimum atomic E-state index is 1.07. The minimum absolute atomic E-state index is 1.07. The molecule has 1 saturated heterocycles. The summed E-state index contributed by atoms with van der Waals surface area (Å²) >= 11 is 0. The van der Waals surface area contributed by atoms with Gasteiger partial charge in [0.1, 0.15) is 0 Å². The number of nitrogens with zero attached hydrogens (tertiary/aromatic N) is 2. The highest BCUT2D eigenvalue weighted by Crippen LogP contribution is 2.23. The lowest BCUT2D eigenvalue weighted by Gasteiger charge is -2.26. The Balaban J connectivity index is 1.60. The van der Waals surface area contributed by atoms with Gasteiger partial charge in [0.25, 0.3) is 0 Å². The number of anilines is 1. The van der Waals surface area contributed by atoms with E-state index in [9.17, 15) is 0 Å². The summed E-state index contributed by atoms with van der Waals surface area (Å²) in [6, 6.07) is 0. The van der Waals surface area contributed by atoms with Crippen LogP contribution in [0, 0.1) is 0 Å². The van der Waals surface area contributed by atoms with Crippen LogP contribution in [-0.2, 0) is 12.8 Å². The van der Waals surface area contributed by atoms with Crippen molar-refractivity contribution in [3.63, 3.8) is 0 Å². The average Bonchev–Trinajstić information content (AvgIpc) is 2.65. The molecule has 18 heavy (non-hydrogen) atoms. The lowest BCUT2D eigenvalue weighted by Crippen LogP contribution is -2.31. The van der Waals surface area contributed by atoms with Crippen molar-refractivity contribution in [1.29, 1.82) is 0 Å². The Labute approximate surface area is 109 Å². The first-order chi connectivity index (χ1) is 8.93. The van der Waals surface area contributed by atoms with Crippen molar-refractivity contribution in [3.05, 3.63) is 11.3 Å². The van der Waals surface area contributed by atoms with E-state index in [4.69, 9.17) is 0 Å². The zero-order valence-electron chi connectivity index (χ0n) is 11.2. The molecule has 4 nitrogen and oxygen atoms in total. The largest absolute Gasteiger partial charge is 0.368 e. The van der Waals surface area contributed by atoms with E-state index in [0.29, 0.717) is 0 Å². The molecule has 0 aromatic carbocycles. The van der Waals surface area contributed by atoms with Crippen molar-refractivity contribution in [2.75, 3.05) is 31.5 Å². The zero-order chi connectivity index (χ0) is 12.2. The number of hydrogen-bond donors (Lipinski definition) is 2. The normalized spacial score (nSPS) is 21.1. The quantitative estimate of drug-likeness (QED) is 0.862. The van der Waals surface area contributed by atoms with Crippen LogP contribution in [0.4, 0.5) is 5.82 Å². The fraction of sp³-hybridized carbons (Fsp3) is 0.786. The molecule has 100 valence electrons. The third kappa shape index (κ3) is 2.69. The topological polar surface area (TPSA) is 44.0 Å². The molecule has 3 heterocycles. The highest BCUT2D eigenvalue weighted by Gasteiger charge is 2.16. The van der Waals surface area contributed by atoms with Gasteiger partial charge in [-0.2, -0.15) is 5.10 Å². The van der Waals surface area contributed by atoms with Crippen LogP contribution < -0.4 is 5.32 Å². The molecular weight excluding hydrogens is 224 g/mol. The molecule has 0 unspecified atom stereocenters. The number of H-pyrrole nitrogens is 1. The van der Waals surface area contributed by atoms with Crippen LogP contribution in [0.15, 0.2) is 0 Å². The second-order valence-corrected chi connectivity index (χ2v) is 5.57. The van der Waals surface area contributed by atoms with E-state index in [0.717, 1.165) is 18.8 Å². The van der Waals surface area contributed by atoms with Gasteiger partial charge in [0.15, 0.2) is 5.82 Å². The zero-order valence-corrected chi connectivity index (χ0v) is 11.2. The Morgan fingerprint density at radius 2 is 1.94 bits per heavy atom. The van der Waals surface area contributed by atoms with Crippen molar-refractivity contribution in [2.45, 2.75) is 44.9 Å². The Morgan fingerprint density at radius 3 is 2.83 bits per heavy atom. The van der Waals surface area contributed by atoms with Gasteiger partial charge in [-0.05, 0) is 45.2 Å². The molecule has 0 saturated carbocycles. The molecule has 0 spiro atoms. The maximum absolute atomic E-state index is 4.43. The second kappa shape index (κ2) is 5.74. The van der Waals surface area contributed by atoms with Crippen molar-refractivity contribution >= 4 is 5.82 Å². The molecule has 3 rings (SSSR count). The van der Waals surface area contributed by atoms with E-state index >= 15 is 0 Å². The molecule has 1 fully saturated rings. The van der Waals surface area contributed by atoms with Crippen molar-refractivity contribution < 1.29 is 0 Å². The molecule has 0 radical (unpaired) electrons. The summed E-state index contributed by atoms with van der Waals surface area (Å²) in [7, 11) is 0. The number of nitrogens with one attached hydrogen (secondary N) is 2. The van der Waals surface area contributed by atoms with Gasteiger partial charge in [0.2, 0.25) is 0 Å².